The SMILES string of the molecule is CC1C(F)=CC(Cc2ccc3[nH]nc(NC(=O)C4=CCC(N5CCN(CC(=O)NCCOCCNc6cccc7c6C(=O)N(C6CCC(=O)NC6=O)C7=O)CC5)C=C4NC4CCOCC4)c3c2)=CC1F. The third-order valence-corrected chi connectivity index (χ3v) is 13.8. The number of aromatic nitrogens is 2. The molecule has 3 aromatic rings. The van der Waals surface area contributed by atoms with Gasteiger partial charge in [-0.1, -0.05) is 25.1 Å². The number of halogens is 2. The molecule has 3 saturated heterocycles. The van der Waals surface area contributed by atoms with E-state index in [4.69, 9.17) is 9.47 Å². The molecule has 9 rings (SSSR count). The van der Waals surface area contributed by atoms with Gasteiger partial charge in [-0.3, -0.25) is 53.9 Å². The van der Waals surface area contributed by atoms with Crippen LogP contribution < -0.4 is 26.6 Å². The molecule has 2 aromatic carbocycles. The molecule has 4 unspecified atom stereocenters. The number of carbonyl (C=O) groups is 6. The number of imide groups is 2. The standard InChI is InChI=1S/C50H58F2N10O8/c1-29-37(51)25-31(26-38(29)52)23-30-5-8-39-36(24-30)46(59-58-39)57-47(65)34-7-6-33(27-41(34)55-32-11-19-69-20-12-32)61-17-15-60(16-18-61)28-44(64)54-14-22-70-21-13-53-40-4-2-3-35-45(40)50(68)62(49(35)67)42-9-10-43(63)56-48(42)66/h2-5,7-8,24-27,29,32-33,37,42,53,55H,6,9-23,28H2,1H3,(H,54,64)(H,56,63,66)(H2,57,58,59,65). The Bertz CT molecular complexity index is 2670. The summed E-state index contributed by atoms with van der Waals surface area (Å²) in [5.74, 6) is -3.60. The van der Waals surface area contributed by atoms with Crippen molar-refractivity contribution in [2.45, 2.75) is 69.7 Å². The van der Waals surface area contributed by atoms with Crippen molar-refractivity contribution in [2.24, 2.45) is 5.92 Å². The molecular weight excluding hydrogens is 907 g/mol. The molecule has 20 heteroatoms. The topological polar surface area (TPSA) is 219 Å². The Labute approximate surface area is 403 Å². The Kier molecular flexibility index (Phi) is 14.9. The fourth-order valence-electron chi connectivity index (χ4n) is 9.80. The zero-order valence-electron chi connectivity index (χ0n) is 39.0. The number of aromatic amines is 1. The highest BCUT2D eigenvalue weighted by Crippen LogP contribution is 2.34. The molecule has 4 atom stereocenters. The number of alkyl halides is 1. The summed E-state index contributed by atoms with van der Waals surface area (Å²) in [5.41, 5.74) is 4.18. The second kappa shape index (κ2) is 21.6. The van der Waals surface area contributed by atoms with Gasteiger partial charge in [-0.25, -0.2) is 8.78 Å². The van der Waals surface area contributed by atoms with E-state index in [2.05, 4.69) is 52.7 Å². The molecule has 3 fully saturated rings. The molecule has 6 N–H and O–H groups in total. The highest BCUT2D eigenvalue weighted by atomic mass is 19.1. The van der Waals surface area contributed by atoms with E-state index in [9.17, 15) is 37.5 Å². The predicted octanol–water partition coefficient (Wildman–Crippen LogP) is 3.43. The number of piperidine rings is 1. The number of benzene rings is 2. The minimum atomic E-state index is -1.39. The number of nitrogens with one attached hydrogen (secondary N) is 6. The first-order valence-corrected chi connectivity index (χ1v) is 24.1. The summed E-state index contributed by atoms with van der Waals surface area (Å²) in [6.45, 7) is 7.03. The molecule has 4 aliphatic heterocycles. The van der Waals surface area contributed by atoms with E-state index in [-0.39, 0.29) is 67.6 Å². The van der Waals surface area contributed by atoms with Gasteiger partial charge in [-0.15, -0.1) is 0 Å². The van der Waals surface area contributed by atoms with E-state index in [0.717, 1.165) is 42.1 Å². The summed E-state index contributed by atoms with van der Waals surface area (Å²) in [7, 11) is 0. The Hall–Kier alpha value is -6.61. The summed E-state index contributed by atoms with van der Waals surface area (Å²) in [4.78, 5) is 82.9. The van der Waals surface area contributed by atoms with Gasteiger partial charge < -0.3 is 30.7 Å². The summed E-state index contributed by atoms with van der Waals surface area (Å²) in [6.07, 6.45) is 8.26. The van der Waals surface area contributed by atoms with Crippen LogP contribution >= 0.6 is 0 Å². The zero-order chi connectivity index (χ0) is 48.9. The van der Waals surface area contributed by atoms with E-state index in [1.807, 2.05) is 24.3 Å². The summed E-state index contributed by atoms with van der Waals surface area (Å²) in [6, 6.07) is 9.59. The molecule has 2 aliphatic carbocycles. The van der Waals surface area contributed by atoms with Crippen molar-refractivity contribution in [1.29, 1.82) is 0 Å². The highest BCUT2D eigenvalue weighted by molar-refractivity contribution is 6.25. The molecule has 6 amide bonds. The van der Waals surface area contributed by atoms with Crippen molar-refractivity contribution < 1.29 is 47.0 Å². The molecule has 0 spiro atoms. The lowest BCUT2D eigenvalue weighted by Crippen LogP contribution is -2.54. The third-order valence-electron chi connectivity index (χ3n) is 13.8. The number of hydrogen-bond donors (Lipinski definition) is 6. The molecule has 1 aromatic heterocycles. The normalized spacial score (nSPS) is 23.6. The maximum Gasteiger partial charge on any atom is 0.264 e. The van der Waals surface area contributed by atoms with Gasteiger partial charge in [0.2, 0.25) is 17.7 Å². The van der Waals surface area contributed by atoms with E-state index in [1.54, 1.807) is 12.1 Å². The lowest BCUT2D eigenvalue weighted by atomic mass is 9.92. The van der Waals surface area contributed by atoms with Gasteiger partial charge in [-0.2, -0.15) is 5.10 Å². The first-order valence-electron chi connectivity index (χ1n) is 24.1. The summed E-state index contributed by atoms with van der Waals surface area (Å²) < 4.78 is 40.1. The number of fused-ring (bicyclic) bond motifs is 2. The number of rotatable bonds is 17. The average Bonchev–Trinajstić information content (AvgIpc) is 3.86. The minimum absolute atomic E-state index is 0.0356. The number of piperazine rings is 1. The number of amides is 6. The van der Waals surface area contributed by atoms with Crippen LogP contribution in [0.1, 0.15) is 65.3 Å². The number of allylic oxidation sites excluding steroid dienone is 4. The summed E-state index contributed by atoms with van der Waals surface area (Å²) >= 11 is 0. The first kappa shape index (κ1) is 48.4. The van der Waals surface area contributed by atoms with Crippen LogP contribution in [0.5, 0.6) is 0 Å². The van der Waals surface area contributed by atoms with E-state index >= 15 is 0 Å². The predicted molar refractivity (Wildman–Crippen MR) is 255 cm³/mol. The van der Waals surface area contributed by atoms with Crippen LogP contribution in [0.2, 0.25) is 0 Å². The fraction of sp³-hybridized carbons (Fsp3) is 0.460. The van der Waals surface area contributed by atoms with Gasteiger partial charge >= 0.3 is 0 Å². The van der Waals surface area contributed by atoms with Crippen LogP contribution in [0, 0.1) is 5.92 Å². The monoisotopic (exact) mass is 964 g/mol. The van der Waals surface area contributed by atoms with E-state index in [0.29, 0.717) is 85.8 Å². The number of nitrogens with zero attached hydrogens (tertiary/aromatic N) is 4. The van der Waals surface area contributed by atoms with Gasteiger partial charge in [-0.05, 0) is 85.7 Å². The Morgan fingerprint density at radius 2 is 1.77 bits per heavy atom. The first-order chi connectivity index (χ1) is 33.9. The maximum atomic E-state index is 14.4. The van der Waals surface area contributed by atoms with Gasteiger partial charge in [0.25, 0.3) is 17.7 Å². The molecule has 370 valence electrons. The fourth-order valence-corrected chi connectivity index (χ4v) is 9.80. The van der Waals surface area contributed by atoms with E-state index in [1.165, 1.54) is 25.1 Å². The van der Waals surface area contributed by atoms with Crippen LogP contribution in [-0.2, 0) is 35.1 Å². The van der Waals surface area contributed by atoms with Crippen LogP contribution in [0.15, 0.2) is 83.4 Å². The van der Waals surface area contributed by atoms with E-state index < -0.39 is 47.6 Å². The molecule has 6 aliphatic rings. The largest absolute Gasteiger partial charge is 0.382 e. The highest BCUT2D eigenvalue weighted by Gasteiger charge is 2.45. The van der Waals surface area contributed by atoms with Crippen LogP contribution in [0.3, 0.4) is 0 Å². The van der Waals surface area contributed by atoms with Crippen molar-refractivity contribution in [1.82, 2.24) is 40.8 Å². The Balaban J connectivity index is 0.721. The zero-order valence-corrected chi connectivity index (χ0v) is 39.0. The number of carbonyl (C=O) groups excluding carboxylic acids is 6. The second-order valence-electron chi connectivity index (χ2n) is 18.5. The van der Waals surface area contributed by atoms with Gasteiger partial charge in [0.05, 0.1) is 42.0 Å². The summed E-state index contributed by atoms with van der Waals surface area (Å²) in [5, 5.41) is 23.0. The van der Waals surface area contributed by atoms with Gasteiger partial charge in [0.15, 0.2) is 5.82 Å². The van der Waals surface area contributed by atoms with Gasteiger partial charge in [0, 0.05) is 93.7 Å². The van der Waals surface area contributed by atoms with Crippen molar-refractivity contribution in [2.75, 3.05) is 82.9 Å². The molecule has 0 saturated carbocycles. The Morgan fingerprint density at radius 1 is 0.971 bits per heavy atom. The molecular formula is C50H58F2N10O8. The van der Waals surface area contributed by atoms with Crippen molar-refractivity contribution >= 4 is 57.9 Å². The van der Waals surface area contributed by atoms with Crippen molar-refractivity contribution in [3.63, 3.8) is 0 Å². The smallest absolute Gasteiger partial charge is 0.264 e. The molecule has 0 bridgehead atoms. The average molecular weight is 965 g/mol. The lowest BCUT2D eigenvalue weighted by molar-refractivity contribution is -0.136. The van der Waals surface area contributed by atoms with Crippen LogP contribution in [-0.4, -0.2) is 157 Å². The second-order valence-corrected chi connectivity index (χ2v) is 18.5. The third kappa shape index (κ3) is 10.9. The maximum absolute atomic E-state index is 14.4. The van der Waals surface area contributed by atoms with Crippen LogP contribution in [0.25, 0.3) is 10.9 Å². The molecule has 5 heterocycles. The molecule has 0 radical (unpaired) electrons. The quantitative estimate of drug-likeness (QED) is 0.0846. The number of hydrogen-bond acceptors (Lipinski definition) is 13. The van der Waals surface area contributed by atoms with Crippen LogP contribution in [0.4, 0.5) is 20.3 Å². The number of ether oxygens (including phenoxy) is 2. The lowest BCUT2D eigenvalue weighted by Gasteiger charge is -2.39. The van der Waals surface area contributed by atoms with Crippen molar-refractivity contribution in [3.05, 3.63) is 100 Å². The minimum Gasteiger partial charge on any atom is -0.382 e. The molecule has 18 nitrogen and oxygen atoms in total. The molecule has 70 heavy (non-hydrogen) atoms. The van der Waals surface area contributed by atoms with Crippen molar-refractivity contribution in [3.8, 4) is 0 Å². The Morgan fingerprint density at radius 3 is 2.56 bits per heavy atom. The number of anilines is 2. The number of H-pyrrole nitrogens is 1. The van der Waals surface area contributed by atoms with Gasteiger partial charge in [0.1, 0.15) is 18.0 Å².